The van der Waals surface area contributed by atoms with Gasteiger partial charge in [-0.05, 0) is 83.5 Å². The number of hydrogen-bond acceptors (Lipinski definition) is 5. The lowest BCUT2D eigenvalue weighted by Gasteiger charge is -2.26. The average molecular weight is 1220 g/mol. The van der Waals surface area contributed by atoms with Crippen molar-refractivity contribution in [2.24, 2.45) is 0 Å². The normalized spacial score (nSPS) is 14.3. The van der Waals surface area contributed by atoms with Gasteiger partial charge in [0.1, 0.15) is 13.2 Å². The van der Waals surface area contributed by atoms with Gasteiger partial charge in [-0.25, -0.2) is 4.57 Å². The molecule has 8 nitrogen and oxygen atoms in total. The van der Waals surface area contributed by atoms with Crippen molar-refractivity contribution in [2.75, 3.05) is 40.9 Å². The van der Waals surface area contributed by atoms with Crippen LogP contribution in [0.1, 0.15) is 322 Å². The average Bonchev–Trinajstić information content (AvgIpc) is 3.70. The van der Waals surface area contributed by atoms with Gasteiger partial charge in [-0.2, -0.15) is 0 Å². The van der Waals surface area contributed by atoms with Gasteiger partial charge in [0.2, 0.25) is 5.91 Å². The van der Waals surface area contributed by atoms with Gasteiger partial charge < -0.3 is 19.8 Å². The molecule has 86 heavy (non-hydrogen) atoms. The maximum absolute atomic E-state index is 13.1. The molecule has 0 rings (SSSR count). The standard InChI is InChI=1S/C77H139N2O6P/c1-6-8-10-12-14-16-18-20-22-24-26-28-30-32-34-36-38-39-41-43-45-47-49-51-53-55-57-59-61-63-65-67-69-71-77(81)78-75(74-85-86(82,83)84-73-72-79(3,4)5)76(80)70-68-66-64-62-60-58-56-54-52-50-48-46-44-42-40-37-35-33-31-29-27-25-23-21-19-17-15-13-11-9-7-2/h8,10,14,16,20,22,26,28,32,34,38-39,43,45,49,51,55,57,75-76,80H,6-7,9,11-13,15,17-19,21,23-25,27,29-31,33,35-37,40-42,44,46-48,50,52-54,56,58-74H2,1-5H3,(H-,78,81,82,83)/p+1/b10-8-,16-14-,22-20-,28-26-,34-32-,39-38-,45-43-,51-49-,57-55-. The predicted octanol–water partition coefficient (Wildman–Crippen LogP) is 23.4. The molecule has 0 heterocycles. The lowest BCUT2D eigenvalue weighted by atomic mass is 10.0. The molecule has 3 N–H and O–H groups in total. The highest BCUT2D eigenvalue weighted by Crippen LogP contribution is 2.43. The summed E-state index contributed by atoms with van der Waals surface area (Å²) < 4.78 is 23.9. The number of aliphatic hydroxyl groups excluding tert-OH is 1. The minimum Gasteiger partial charge on any atom is -0.391 e. The Balaban J connectivity index is 4.12. The van der Waals surface area contributed by atoms with Crippen molar-refractivity contribution in [1.29, 1.82) is 0 Å². The van der Waals surface area contributed by atoms with E-state index in [1.807, 2.05) is 21.1 Å². The Hall–Kier alpha value is -2.84. The topological polar surface area (TPSA) is 105 Å². The van der Waals surface area contributed by atoms with Crippen LogP contribution in [0.25, 0.3) is 0 Å². The number of quaternary nitrogens is 1. The lowest BCUT2D eigenvalue weighted by Crippen LogP contribution is -2.46. The summed E-state index contributed by atoms with van der Waals surface area (Å²) in [6, 6.07) is -0.782. The molecule has 498 valence electrons. The molecule has 0 radical (unpaired) electrons. The molecule has 0 fully saturated rings. The predicted molar refractivity (Wildman–Crippen MR) is 378 cm³/mol. The molecule has 0 saturated carbocycles. The Bertz CT molecular complexity index is 1770. The number of phosphoric ester groups is 1. The van der Waals surface area contributed by atoms with Crippen LogP contribution in [0.3, 0.4) is 0 Å². The van der Waals surface area contributed by atoms with Crippen molar-refractivity contribution >= 4 is 13.7 Å². The van der Waals surface area contributed by atoms with Crippen molar-refractivity contribution in [3.63, 3.8) is 0 Å². The number of unbranched alkanes of at least 4 members (excludes halogenated alkanes) is 35. The summed E-state index contributed by atoms with van der Waals surface area (Å²) in [6.45, 7) is 4.79. The second-order valence-electron chi connectivity index (χ2n) is 25.6. The molecule has 0 saturated heterocycles. The molecule has 0 aliphatic rings. The minimum atomic E-state index is -4.35. The van der Waals surface area contributed by atoms with E-state index < -0.39 is 20.0 Å². The maximum Gasteiger partial charge on any atom is 0.472 e. The first-order valence-corrected chi connectivity index (χ1v) is 37.7. The first kappa shape index (κ1) is 83.2. The number of carbonyl (C=O) groups excluding carboxylic acids is 1. The number of carbonyl (C=O) groups is 1. The largest absolute Gasteiger partial charge is 0.472 e. The maximum atomic E-state index is 13.1. The lowest BCUT2D eigenvalue weighted by molar-refractivity contribution is -0.870. The third-order valence-electron chi connectivity index (χ3n) is 16.0. The van der Waals surface area contributed by atoms with Crippen LogP contribution in [0.4, 0.5) is 0 Å². The minimum absolute atomic E-state index is 0.0654. The molecule has 3 unspecified atom stereocenters. The molecule has 0 aliphatic carbocycles. The molecule has 9 heteroatoms. The van der Waals surface area contributed by atoms with E-state index in [2.05, 4.69) is 129 Å². The van der Waals surface area contributed by atoms with Crippen molar-refractivity contribution in [3.05, 3.63) is 109 Å². The van der Waals surface area contributed by atoms with E-state index in [0.29, 0.717) is 23.9 Å². The molecule has 0 aromatic carbocycles. The van der Waals surface area contributed by atoms with Gasteiger partial charge in [-0.3, -0.25) is 13.8 Å². The van der Waals surface area contributed by atoms with Crippen LogP contribution in [0, 0.1) is 0 Å². The number of aliphatic hydroxyl groups is 1. The fourth-order valence-corrected chi connectivity index (χ4v) is 11.2. The van der Waals surface area contributed by atoms with E-state index in [4.69, 9.17) is 9.05 Å². The molecule has 0 bridgehead atoms. The van der Waals surface area contributed by atoms with E-state index in [9.17, 15) is 19.4 Å². The monoisotopic (exact) mass is 1220 g/mol. The quantitative estimate of drug-likeness (QED) is 0.0243. The van der Waals surface area contributed by atoms with Crippen LogP contribution < -0.4 is 5.32 Å². The molecular formula is C77H140N2O6P+. The summed E-state index contributed by atoms with van der Waals surface area (Å²) in [5.74, 6) is -0.163. The smallest absolute Gasteiger partial charge is 0.391 e. The summed E-state index contributed by atoms with van der Waals surface area (Å²) in [5.41, 5.74) is 0. The second-order valence-corrected chi connectivity index (χ2v) is 27.0. The third-order valence-corrected chi connectivity index (χ3v) is 17.0. The Morgan fingerprint density at radius 1 is 0.407 bits per heavy atom. The van der Waals surface area contributed by atoms with Gasteiger partial charge in [-0.1, -0.05) is 342 Å². The summed E-state index contributed by atoms with van der Waals surface area (Å²) >= 11 is 0. The Morgan fingerprint density at radius 2 is 0.698 bits per heavy atom. The Morgan fingerprint density at radius 3 is 1.02 bits per heavy atom. The van der Waals surface area contributed by atoms with E-state index in [1.165, 1.54) is 180 Å². The number of nitrogens with zero attached hydrogens (tertiary/aromatic N) is 1. The zero-order valence-electron chi connectivity index (χ0n) is 57.0. The number of amides is 1. The van der Waals surface area contributed by atoms with Crippen molar-refractivity contribution in [2.45, 2.75) is 334 Å². The summed E-state index contributed by atoms with van der Waals surface area (Å²) in [5, 5.41) is 14.1. The van der Waals surface area contributed by atoms with Gasteiger partial charge >= 0.3 is 7.82 Å². The van der Waals surface area contributed by atoms with Crippen molar-refractivity contribution < 1.29 is 32.9 Å². The van der Waals surface area contributed by atoms with Crippen molar-refractivity contribution in [3.8, 4) is 0 Å². The molecule has 0 spiro atoms. The highest BCUT2D eigenvalue weighted by Gasteiger charge is 2.28. The number of rotatable bonds is 66. The number of allylic oxidation sites excluding steroid dienone is 18. The molecular weight excluding hydrogens is 1080 g/mol. The van der Waals surface area contributed by atoms with E-state index in [1.54, 1.807) is 0 Å². The fraction of sp³-hybridized carbons (Fsp3) is 0.753. The SMILES string of the molecule is CC/C=C\C/C=C\C/C=C\C/C=C\C/C=C\C/C=C\C/C=C\C/C=C\C/C=C\CCCCCCCC(=O)NC(COP(=O)(O)OCC[N+](C)(C)C)C(O)CCCCCCCCCCCCCCCCCCCCCCCCCCCCCCCCC. The number of phosphoric acid groups is 1. The highest BCUT2D eigenvalue weighted by atomic mass is 31.2. The summed E-state index contributed by atoms with van der Waals surface area (Å²) in [4.78, 5) is 23.5. The Kier molecular flexibility index (Phi) is 64.4. The van der Waals surface area contributed by atoms with Crippen LogP contribution in [0.5, 0.6) is 0 Å². The fourth-order valence-electron chi connectivity index (χ4n) is 10.5. The molecule has 0 aromatic rings. The molecule has 3 atom stereocenters. The van der Waals surface area contributed by atoms with E-state index in [-0.39, 0.29) is 19.1 Å². The first-order valence-electron chi connectivity index (χ1n) is 36.3. The van der Waals surface area contributed by atoms with Gasteiger partial charge in [-0.15, -0.1) is 0 Å². The first-order chi connectivity index (χ1) is 42.0. The van der Waals surface area contributed by atoms with Gasteiger partial charge in [0.15, 0.2) is 0 Å². The van der Waals surface area contributed by atoms with Gasteiger partial charge in [0, 0.05) is 6.42 Å². The van der Waals surface area contributed by atoms with Crippen LogP contribution in [-0.2, 0) is 18.4 Å². The number of likely N-dealkylation sites (N-methyl/N-ethyl adjacent to an activating group) is 1. The summed E-state index contributed by atoms with van der Waals surface area (Å²) in [7, 11) is 1.60. The van der Waals surface area contributed by atoms with Crippen LogP contribution in [0.2, 0.25) is 0 Å². The van der Waals surface area contributed by atoms with E-state index >= 15 is 0 Å². The van der Waals surface area contributed by atoms with Crippen LogP contribution in [0.15, 0.2) is 109 Å². The van der Waals surface area contributed by atoms with Crippen LogP contribution in [-0.4, -0.2) is 73.4 Å². The highest BCUT2D eigenvalue weighted by molar-refractivity contribution is 7.47. The molecule has 0 aromatic heterocycles. The second kappa shape index (κ2) is 66.6. The zero-order chi connectivity index (χ0) is 62.6. The number of hydrogen-bond donors (Lipinski definition) is 3. The van der Waals surface area contributed by atoms with Crippen molar-refractivity contribution in [1.82, 2.24) is 5.32 Å². The number of nitrogens with one attached hydrogen (secondary N) is 1. The van der Waals surface area contributed by atoms with Gasteiger partial charge in [0.05, 0.1) is 39.9 Å². The van der Waals surface area contributed by atoms with E-state index in [0.717, 1.165) is 116 Å². The molecule has 0 aliphatic heterocycles. The van der Waals surface area contributed by atoms with Crippen LogP contribution >= 0.6 is 7.82 Å². The zero-order valence-corrected chi connectivity index (χ0v) is 57.9. The third kappa shape index (κ3) is 68.6. The summed E-state index contributed by atoms with van der Waals surface area (Å²) in [6.07, 6.45) is 97.7. The van der Waals surface area contributed by atoms with Gasteiger partial charge in [0.25, 0.3) is 0 Å². The Labute approximate surface area is 533 Å². The molecule has 1 amide bonds.